The Morgan fingerprint density at radius 2 is 1.80 bits per heavy atom. The zero-order valence-electron chi connectivity index (χ0n) is 17.0. The van der Waals surface area contributed by atoms with Gasteiger partial charge >= 0.3 is 0 Å². The Kier molecular flexibility index (Phi) is 5.40. The summed E-state index contributed by atoms with van der Waals surface area (Å²) in [6.07, 6.45) is 3.00. The van der Waals surface area contributed by atoms with Gasteiger partial charge in [0.05, 0.1) is 42.8 Å². The molecule has 2 aromatic heterocycles. The predicted octanol–water partition coefficient (Wildman–Crippen LogP) is 2.10. The van der Waals surface area contributed by atoms with E-state index in [9.17, 15) is 9.18 Å². The standard InChI is InChI=1S/C20H22FN7O2/c1-13-10-14(2)25-20(24-13)27-9-8-26(15(3)12-30-27)19(29)17-11-16(21)4-5-18(17)28-22-6-7-23-28/h4-7,10-11,15H,8-9,12H2,1-3H3/t15-/m1/s1. The van der Waals surface area contributed by atoms with Gasteiger partial charge in [-0.3, -0.25) is 9.63 Å². The molecule has 30 heavy (non-hydrogen) atoms. The number of nitrogens with zero attached hydrogens (tertiary/aromatic N) is 7. The molecule has 0 bridgehead atoms. The Balaban J connectivity index is 1.60. The fourth-order valence-corrected chi connectivity index (χ4v) is 3.40. The second-order valence-corrected chi connectivity index (χ2v) is 7.18. The normalized spacial score (nSPS) is 17.1. The van der Waals surface area contributed by atoms with Gasteiger partial charge < -0.3 is 4.90 Å². The molecule has 1 aliphatic rings. The zero-order chi connectivity index (χ0) is 21.3. The van der Waals surface area contributed by atoms with E-state index in [1.165, 1.54) is 35.4 Å². The molecule has 0 aliphatic carbocycles. The molecule has 1 atom stereocenters. The summed E-state index contributed by atoms with van der Waals surface area (Å²) in [4.78, 5) is 31.1. The molecule has 0 saturated carbocycles. The average molecular weight is 411 g/mol. The highest BCUT2D eigenvalue weighted by Gasteiger charge is 2.29. The maximum absolute atomic E-state index is 14.0. The molecule has 1 aromatic carbocycles. The molecule has 0 unspecified atom stereocenters. The molecule has 1 saturated heterocycles. The number of aromatic nitrogens is 5. The van der Waals surface area contributed by atoms with E-state index < -0.39 is 5.82 Å². The van der Waals surface area contributed by atoms with Crippen LogP contribution in [0.2, 0.25) is 0 Å². The first kappa shape index (κ1) is 19.9. The molecule has 10 heteroatoms. The average Bonchev–Trinajstić information content (AvgIpc) is 3.16. The van der Waals surface area contributed by atoms with Crippen molar-refractivity contribution in [2.24, 2.45) is 0 Å². The predicted molar refractivity (Wildman–Crippen MR) is 107 cm³/mol. The van der Waals surface area contributed by atoms with E-state index >= 15 is 0 Å². The van der Waals surface area contributed by atoms with E-state index in [0.717, 1.165) is 11.4 Å². The van der Waals surface area contributed by atoms with Crippen molar-refractivity contribution < 1.29 is 14.0 Å². The van der Waals surface area contributed by atoms with Gasteiger partial charge in [-0.05, 0) is 45.0 Å². The number of anilines is 1. The van der Waals surface area contributed by atoms with Gasteiger partial charge in [-0.25, -0.2) is 19.4 Å². The largest absolute Gasteiger partial charge is 0.332 e. The van der Waals surface area contributed by atoms with E-state index in [2.05, 4.69) is 20.2 Å². The van der Waals surface area contributed by atoms with Crippen LogP contribution in [0.3, 0.4) is 0 Å². The molecule has 3 aromatic rings. The van der Waals surface area contributed by atoms with Crippen LogP contribution in [0, 0.1) is 19.7 Å². The van der Waals surface area contributed by atoms with Crippen molar-refractivity contribution in [3.63, 3.8) is 0 Å². The van der Waals surface area contributed by atoms with Gasteiger partial charge in [-0.2, -0.15) is 15.0 Å². The van der Waals surface area contributed by atoms with Crippen LogP contribution in [0.25, 0.3) is 5.69 Å². The molecule has 1 amide bonds. The van der Waals surface area contributed by atoms with Crippen molar-refractivity contribution in [3.05, 3.63) is 59.4 Å². The van der Waals surface area contributed by atoms with Crippen LogP contribution in [-0.2, 0) is 4.84 Å². The SMILES string of the molecule is Cc1cc(C)nc(N2CCN(C(=O)c3cc(F)ccc3-n3nccn3)[C@H](C)CO2)n1. The van der Waals surface area contributed by atoms with Gasteiger partial charge in [0.2, 0.25) is 5.95 Å². The molecular weight excluding hydrogens is 389 g/mol. The second-order valence-electron chi connectivity index (χ2n) is 7.18. The first-order valence-corrected chi connectivity index (χ1v) is 9.62. The molecule has 1 fully saturated rings. The van der Waals surface area contributed by atoms with Crippen molar-refractivity contribution in [2.75, 3.05) is 24.8 Å². The first-order valence-electron chi connectivity index (χ1n) is 9.62. The molecule has 0 spiro atoms. The summed E-state index contributed by atoms with van der Waals surface area (Å²) in [5, 5.41) is 9.75. The fourth-order valence-electron chi connectivity index (χ4n) is 3.40. The van der Waals surface area contributed by atoms with Crippen LogP contribution in [0.1, 0.15) is 28.7 Å². The van der Waals surface area contributed by atoms with E-state index in [-0.39, 0.29) is 24.1 Å². The van der Waals surface area contributed by atoms with E-state index in [1.54, 1.807) is 9.96 Å². The quantitative estimate of drug-likeness (QED) is 0.652. The van der Waals surface area contributed by atoms with E-state index in [4.69, 9.17) is 4.84 Å². The highest BCUT2D eigenvalue weighted by atomic mass is 19.1. The van der Waals surface area contributed by atoms with Gasteiger partial charge in [0.25, 0.3) is 5.91 Å². The van der Waals surface area contributed by atoms with Crippen LogP contribution in [-0.4, -0.2) is 61.5 Å². The Morgan fingerprint density at radius 3 is 2.50 bits per heavy atom. The lowest BCUT2D eigenvalue weighted by molar-refractivity contribution is 0.0596. The van der Waals surface area contributed by atoms with Crippen LogP contribution < -0.4 is 5.06 Å². The Labute approximate surface area is 173 Å². The molecule has 4 rings (SSSR count). The van der Waals surface area contributed by atoms with Crippen LogP contribution in [0.15, 0.2) is 36.7 Å². The van der Waals surface area contributed by atoms with Crippen LogP contribution in [0.5, 0.6) is 0 Å². The maximum atomic E-state index is 14.0. The molecular formula is C20H22FN7O2. The summed E-state index contributed by atoms with van der Waals surface area (Å²) in [5.74, 6) is -0.361. The Bertz CT molecular complexity index is 1040. The highest BCUT2D eigenvalue weighted by molar-refractivity contribution is 5.98. The highest BCUT2D eigenvalue weighted by Crippen LogP contribution is 2.21. The van der Waals surface area contributed by atoms with Crippen molar-refractivity contribution in [2.45, 2.75) is 26.8 Å². The summed E-state index contributed by atoms with van der Waals surface area (Å²) < 4.78 is 14.0. The number of hydroxylamine groups is 1. The fraction of sp³-hybridized carbons (Fsp3) is 0.350. The van der Waals surface area contributed by atoms with Gasteiger partial charge in [-0.15, -0.1) is 0 Å². The van der Waals surface area contributed by atoms with Gasteiger partial charge in [0.15, 0.2) is 0 Å². The third-order valence-corrected chi connectivity index (χ3v) is 4.83. The Hall–Kier alpha value is -3.40. The molecule has 0 radical (unpaired) electrons. The number of hydrogen-bond donors (Lipinski definition) is 0. The minimum absolute atomic E-state index is 0.189. The lowest BCUT2D eigenvalue weighted by atomic mass is 10.1. The number of rotatable bonds is 3. The lowest BCUT2D eigenvalue weighted by Gasteiger charge is -2.26. The number of carbonyl (C=O) groups excluding carboxylic acids is 1. The van der Waals surface area contributed by atoms with Crippen LogP contribution in [0.4, 0.5) is 10.3 Å². The number of halogens is 1. The van der Waals surface area contributed by atoms with Crippen molar-refractivity contribution in [3.8, 4) is 5.69 Å². The third kappa shape index (κ3) is 3.99. The molecule has 156 valence electrons. The van der Waals surface area contributed by atoms with Crippen molar-refractivity contribution in [1.29, 1.82) is 0 Å². The number of hydrogen-bond acceptors (Lipinski definition) is 7. The number of amides is 1. The van der Waals surface area contributed by atoms with Crippen LogP contribution >= 0.6 is 0 Å². The maximum Gasteiger partial charge on any atom is 0.256 e. The van der Waals surface area contributed by atoms with Gasteiger partial charge in [0, 0.05) is 17.9 Å². The molecule has 3 heterocycles. The van der Waals surface area contributed by atoms with Gasteiger partial charge in [-0.1, -0.05) is 0 Å². The monoisotopic (exact) mass is 411 g/mol. The molecule has 9 nitrogen and oxygen atoms in total. The van der Waals surface area contributed by atoms with E-state index in [1.807, 2.05) is 26.8 Å². The van der Waals surface area contributed by atoms with Crippen molar-refractivity contribution in [1.82, 2.24) is 29.9 Å². The topological polar surface area (TPSA) is 89.3 Å². The summed E-state index contributed by atoms with van der Waals surface area (Å²) in [6, 6.07) is 5.63. The van der Waals surface area contributed by atoms with Gasteiger partial charge in [0.1, 0.15) is 5.82 Å². The van der Waals surface area contributed by atoms with Crippen molar-refractivity contribution >= 4 is 11.9 Å². The minimum atomic E-state index is -0.502. The first-order chi connectivity index (χ1) is 14.4. The third-order valence-electron chi connectivity index (χ3n) is 4.83. The smallest absolute Gasteiger partial charge is 0.256 e. The lowest BCUT2D eigenvalue weighted by Crippen LogP contribution is -2.41. The van der Waals surface area contributed by atoms with E-state index in [0.29, 0.717) is 24.7 Å². The molecule has 0 N–H and O–H groups in total. The summed E-state index contributed by atoms with van der Waals surface area (Å²) in [7, 11) is 0. The zero-order valence-corrected chi connectivity index (χ0v) is 17.0. The number of benzene rings is 1. The number of aryl methyl sites for hydroxylation is 2. The minimum Gasteiger partial charge on any atom is -0.332 e. The summed E-state index contributed by atoms with van der Waals surface area (Å²) in [5.41, 5.74) is 2.28. The molecule has 1 aliphatic heterocycles. The number of carbonyl (C=O) groups is 1. The second kappa shape index (κ2) is 8.15. The summed E-state index contributed by atoms with van der Waals surface area (Å²) in [6.45, 7) is 6.66. The summed E-state index contributed by atoms with van der Waals surface area (Å²) >= 11 is 0. The Morgan fingerprint density at radius 1 is 1.10 bits per heavy atom.